The number of rotatable bonds is 5. The number of piperazine rings is 1. The Morgan fingerprint density at radius 2 is 1.76 bits per heavy atom. The Labute approximate surface area is 130 Å². The minimum atomic E-state index is -3.40. The molecule has 21 heavy (non-hydrogen) atoms. The van der Waals surface area contributed by atoms with Crippen molar-refractivity contribution in [1.82, 2.24) is 9.21 Å². The highest BCUT2D eigenvalue weighted by atomic mass is 35.5. The highest BCUT2D eigenvalue weighted by Gasteiger charge is 2.24. The highest BCUT2D eigenvalue weighted by molar-refractivity contribution is 7.92. The molecule has 1 aliphatic rings. The molecule has 1 saturated heterocycles. The SMILES string of the molecule is O=S(=O)(/C=C/c1ccc(Cl)cc1)N1CCN(CCO)CC1. The average molecular weight is 331 g/mol. The number of aliphatic hydroxyl groups is 1. The summed E-state index contributed by atoms with van der Waals surface area (Å²) in [6.45, 7) is 2.89. The summed E-state index contributed by atoms with van der Waals surface area (Å²) >= 11 is 5.79. The van der Waals surface area contributed by atoms with E-state index in [1.54, 1.807) is 30.3 Å². The summed E-state index contributed by atoms with van der Waals surface area (Å²) in [5.41, 5.74) is 0.793. The molecule has 0 atom stereocenters. The fourth-order valence-electron chi connectivity index (χ4n) is 2.17. The lowest BCUT2D eigenvalue weighted by molar-refractivity contribution is 0.152. The van der Waals surface area contributed by atoms with Gasteiger partial charge in [0.15, 0.2) is 0 Å². The van der Waals surface area contributed by atoms with Crippen LogP contribution in [0.25, 0.3) is 6.08 Å². The van der Waals surface area contributed by atoms with Gasteiger partial charge in [-0.2, -0.15) is 4.31 Å². The van der Waals surface area contributed by atoms with Crippen molar-refractivity contribution in [3.8, 4) is 0 Å². The predicted molar refractivity (Wildman–Crippen MR) is 84.5 cm³/mol. The van der Waals surface area contributed by atoms with E-state index >= 15 is 0 Å². The molecule has 1 N–H and O–H groups in total. The summed E-state index contributed by atoms with van der Waals surface area (Å²) in [5.74, 6) is 0. The van der Waals surface area contributed by atoms with Gasteiger partial charge in [-0.05, 0) is 23.8 Å². The largest absolute Gasteiger partial charge is 0.395 e. The molecule has 1 aliphatic heterocycles. The van der Waals surface area contributed by atoms with E-state index in [1.165, 1.54) is 9.71 Å². The summed E-state index contributed by atoms with van der Waals surface area (Å²) in [4.78, 5) is 2.05. The molecule has 0 aliphatic carbocycles. The molecule has 1 fully saturated rings. The Bertz CT molecular complexity index is 579. The summed E-state index contributed by atoms with van der Waals surface area (Å²) in [5, 5.41) is 10.7. The maximum absolute atomic E-state index is 12.2. The van der Waals surface area contributed by atoms with Crippen LogP contribution >= 0.6 is 11.6 Å². The molecule has 1 heterocycles. The van der Waals surface area contributed by atoms with Crippen molar-refractivity contribution in [2.24, 2.45) is 0 Å². The van der Waals surface area contributed by atoms with Crippen molar-refractivity contribution in [2.75, 3.05) is 39.3 Å². The topological polar surface area (TPSA) is 60.9 Å². The van der Waals surface area contributed by atoms with Crippen LogP contribution in [0.15, 0.2) is 29.7 Å². The quantitative estimate of drug-likeness (QED) is 0.882. The van der Waals surface area contributed by atoms with Gasteiger partial charge >= 0.3 is 0 Å². The summed E-state index contributed by atoms with van der Waals surface area (Å²) in [7, 11) is -3.40. The van der Waals surface area contributed by atoms with Crippen molar-refractivity contribution < 1.29 is 13.5 Å². The molecule has 116 valence electrons. The molecule has 0 amide bonds. The Kier molecular flexibility index (Phi) is 5.78. The van der Waals surface area contributed by atoms with Crippen LogP contribution in [0.3, 0.4) is 0 Å². The first-order valence-electron chi connectivity index (χ1n) is 6.78. The Hall–Kier alpha value is -0.920. The first-order chi connectivity index (χ1) is 10.0. The smallest absolute Gasteiger partial charge is 0.236 e. The van der Waals surface area contributed by atoms with Gasteiger partial charge in [-0.3, -0.25) is 4.90 Å². The van der Waals surface area contributed by atoms with Crippen molar-refractivity contribution in [3.05, 3.63) is 40.3 Å². The molecule has 5 nitrogen and oxygen atoms in total. The Morgan fingerprint density at radius 3 is 2.33 bits per heavy atom. The fraction of sp³-hybridized carbons (Fsp3) is 0.429. The lowest BCUT2D eigenvalue weighted by atomic mass is 10.2. The number of sulfonamides is 1. The minimum absolute atomic E-state index is 0.100. The first kappa shape index (κ1) is 16.5. The molecule has 2 rings (SSSR count). The van der Waals surface area contributed by atoms with E-state index in [0.717, 1.165) is 5.56 Å². The first-order valence-corrected chi connectivity index (χ1v) is 8.66. The van der Waals surface area contributed by atoms with E-state index in [1.807, 2.05) is 0 Å². The number of hydrogen-bond donors (Lipinski definition) is 1. The van der Waals surface area contributed by atoms with Crippen molar-refractivity contribution in [1.29, 1.82) is 0 Å². The minimum Gasteiger partial charge on any atom is -0.395 e. The maximum atomic E-state index is 12.2. The summed E-state index contributed by atoms with van der Waals surface area (Å²) in [6.07, 6.45) is 1.58. The molecule has 0 radical (unpaired) electrons. The van der Waals surface area contributed by atoms with E-state index in [-0.39, 0.29) is 6.61 Å². The monoisotopic (exact) mass is 330 g/mol. The number of hydrogen-bond acceptors (Lipinski definition) is 4. The number of halogens is 1. The van der Waals surface area contributed by atoms with Crippen LogP contribution in [0.1, 0.15) is 5.56 Å². The van der Waals surface area contributed by atoms with Gasteiger partial charge in [0.1, 0.15) is 0 Å². The van der Waals surface area contributed by atoms with Crippen LogP contribution in [-0.4, -0.2) is 62.1 Å². The van der Waals surface area contributed by atoms with E-state index in [4.69, 9.17) is 16.7 Å². The number of benzene rings is 1. The van der Waals surface area contributed by atoms with E-state index < -0.39 is 10.0 Å². The summed E-state index contributed by atoms with van der Waals surface area (Å²) < 4.78 is 25.9. The number of β-amino-alcohol motifs (C(OH)–C–C–N with tert-alkyl or cyclic N) is 1. The van der Waals surface area contributed by atoms with Crippen LogP contribution in [0.4, 0.5) is 0 Å². The fourth-order valence-corrected chi connectivity index (χ4v) is 3.47. The van der Waals surface area contributed by atoms with Gasteiger partial charge in [-0.1, -0.05) is 23.7 Å². The van der Waals surface area contributed by atoms with E-state index in [2.05, 4.69) is 4.90 Å². The second kappa shape index (κ2) is 7.38. The number of nitrogens with zero attached hydrogens (tertiary/aromatic N) is 2. The zero-order chi connectivity index (χ0) is 15.3. The van der Waals surface area contributed by atoms with Crippen molar-refractivity contribution >= 4 is 27.7 Å². The third-order valence-corrected chi connectivity index (χ3v) is 5.23. The normalized spacial score (nSPS) is 18.4. The van der Waals surface area contributed by atoms with Crippen LogP contribution in [0.2, 0.25) is 5.02 Å². The zero-order valence-electron chi connectivity index (χ0n) is 11.7. The van der Waals surface area contributed by atoms with Crippen LogP contribution < -0.4 is 0 Å². The molecule has 0 unspecified atom stereocenters. The van der Waals surface area contributed by atoms with Gasteiger partial charge in [0.05, 0.1) is 6.61 Å². The third-order valence-electron chi connectivity index (χ3n) is 3.41. The van der Waals surface area contributed by atoms with Gasteiger partial charge in [-0.25, -0.2) is 8.42 Å². The van der Waals surface area contributed by atoms with Gasteiger partial charge in [0, 0.05) is 43.2 Å². The van der Waals surface area contributed by atoms with Gasteiger partial charge in [0.25, 0.3) is 0 Å². The molecule has 0 saturated carbocycles. The molecule has 0 spiro atoms. The van der Waals surface area contributed by atoms with Crippen molar-refractivity contribution in [3.63, 3.8) is 0 Å². The zero-order valence-corrected chi connectivity index (χ0v) is 13.2. The van der Waals surface area contributed by atoms with Gasteiger partial charge in [-0.15, -0.1) is 0 Å². The second-order valence-electron chi connectivity index (χ2n) is 4.86. The average Bonchev–Trinajstić information content (AvgIpc) is 2.48. The van der Waals surface area contributed by atoms with Gasteiger partial charge < -0.3 is 5.11 Å². The van der Waals surface area contributed by atoms with E-state index in [0.29, 0.717) is 37.7 Å². The lowest BCUT2D eigenvalue weighted by Crippen LogP contribution is -2.48. The molecular weight excluding hydrogens is 312 g/mol. The van der Waals surface area contributed by atoms with Crippen LogP contribution in [0.5, 0.6) is 0 Å². The standard InChI is InChI=1S/C14H19ClN2O3S/c15-14-3-1-13(2-4-14)5-12-21(19,20)17-8-6-16(7-9-17)10-11-18/h1-5,12,18H,6-11H2/b12-5+. The molecule has 1 aromatic carbocycles. The van der Waals surface area contributed by atoms with Crippen LogP contribution in [-0.2, 0) is 10.0 Å². The molecule has 7 heteroatoms. The molecule has 0 bridgehead atoms. The van der Waals surface area contributed by atoms with Crippen LogP contribution in [0, 0.1) is 0 Å². The number of aliphatic hydroxyl groups excluding tert-OH is 1. The predicted octanol–water partition coefficient (Wildman–Crippen LogP) is 1.25. The third kappa shape index (κ3) is 4.79. The second-order valence-corrected chi connectivity index (χ2v) is 7.12. The summed E-state index contributed by atoms with van der Waals surface area (Å²) in [6, 6.07) is 6.99. The van der Waals surface area contributed by atoms with E-state index in [9.17, 15) is 8.42 Å². The lowest BCUT2D eigenvalue weighted by Gasteiger charge is -2.32. The molecule has 0 aromatic heterocycles. The van der Waals surface area contributed by atoms with Gasteiger partial charge in [0.2, 0.25) is 10.0 Å². The molecule has 1 aromatic rings. The van der Waals surface area contributed by atoms with Crippen molar-refractivity contribution in [2.45, 2.75) is 0 Å². The Morgan fingerprint density at radius 1 is 1.14 bits per heavy atom. The molecular formula is C14H19ClN2O3S. The highest BCUT2D eigenvalue weighted by Crippen LogP contribution is 2.13. The Balaban J connectivity index is 1.97. The maximum Gasteiger partial charge on any atom is 0.236 e.